The molecule has 0 aliphatic rings. The molecule has 1 heterocycles. The molecule has 8 nitrogen and oxygen atoms in total. The second kappa shape index (κ2) is 10.8. The summed E-state index contributed by atoms with van der Waals surface area (Å²) in [6.45, 7) is 3.74. The first-order chi connectivity index (χ1) is 14.4. The Morgan fingerprint density at radius 1 is 1.23 bits per heavy atom. The van der Waals surface area contributed by atoms with E-state index in [0.29, 0.717) is 22.7 Å². The zero-order chi connectivity index (χ0) is 23.2. The number of sulfonamides is 1. The molecule has 0 spiro atoms. The van der Waals surface area contributed by atoms with Crippen LogP contribution in [-0.4, -0.2) is 53.1 Å². The maximum Gasteiger partial charge on any atom is 0.282 e. The highest BCUT2D eigenvalue weighted by Gasteiger charge is 2.32. The number of alkyl halides is 2. The molecule has 1 aromatic heterocycles. The number of hydrogen-bond donors (Lipinski definition) is 3. The van der Waals surface area contributed by atoms with Crippen LogP contribution in [0.3, 0.4) is 0 Å². The summed E-state index contributed by atoms with van der Waals surface area (Å²) >= 11 is 3.84. The molecule has 0 aliphatic carbocycles. The molecule has 2 aromatic rings. The molecule has 0 bridgehead atoms. The third-order valence-corrected chi connectivity index (χ3v) is 5.82. The minimum absolute atomic E-state index is 0.0193. The van der Waals surface area contributed by atoms with E-state index in [1.54, 1.807) is 6.07 Å². The number of aliphatic hydroxyl groups is 1. The highest BCUT2D eigenvalue weighted by Crippen LogP contribution is 2.35. The molecule has 172 valence electrons. The van der Waals surface area contributed by atoms with Gasteiger partial charge in [0.1, 0.15) is 0 Å². The van der Waals surface area contributed by atoms with Crippen LogP contribution in [0.1, 0.15) is 25.8 Å². The Morgan fingerprint density at radius 2 is 1.90 bits per heavy atom. The number of halogens is 3. The monoisotopic (exact) mass is 539 g/mol. The zero-order valence-corrected chi connectivity index (χ0v) is 20.4. The molecule has 0 amide bonds. The number of hydrogen-bond acceptors (Lipinski definition) is 8. The van der Waals surface area contributed by atoms with Gasteiger partial charge in [0.25, 0.3) is 5.92 Å². The maximum atomic E-state index is 14.6. The number of benzene rings is 1. The summed E-state index contributed by atoms with van der Waals surface area (Å²) in [5.41, 5.74) is -0.173. The van der Waals surface area contributed by atoms with Crippen LogP contribution in [0.15, 0.2) is 33.9 Å². The summed E-state index contributed by atoms with van der Waals surface area (Å²) < 4.78 is 55.1. The lowest BCUT2D eigenvalue weighted by Gasteiger charge is -2.19. The van der Waals surface area contributed by atoms with Crippen molar-refractivity contribution in [1.82, 2.24) is 15.0 Å². The lowest BCUT2D eigenvalue weighted by Crippen LogP contribution is -2.27. The Labute approximate surface area is 192 Å². The number of aliphatic hydroxyl groups excluding tert-OH is 1. The molecule has 0 saturated heterocycles. The van der Waals surface area contributed by atoms with Gasteiger partial charge < -0.3 is 10.4 Å². The van der Waals surface area contributed by atoms with E-state index < -0.39 is 27.7 Å². The van der Waals surface area contributed by atoms with E-state index in [0.717, 1.165) is 6.26 Å². The maximum absolute atomic E-state index is 14.6. The van der Waals surface area contributed by atoms with E-state index in [1.807, 2.05) is 13.8 Å². The fourth-order valence-electron chi connectivity index (χ4n) is 2.58. The van der Waals surface area contributed by atoms with Crippen molar-refractivity contribution in [3.63, 3.8) is 0 Å². The van der Waals surface area contributed by atoms with Gasteiger partial charge in [-0.05, 0) is 24.5 Å². The van der Waals surface area contributed by atoms with Gasteiger partial charge >= 0.3 is 0 Å². The lowest BCUT2D eigenvalue weighted by molar-refractivity contribution is 0.0230. The molecule has 0 saturated carbocycles. The first kappa shape index (κ1) is 25.7. The van der Waals surface area contributed by atoms with E-state index >= 15 is 0 Å². The minimum Gasteiger partial charge on any atom is -0.394 e. The minimum atomic E-state index is -3.70. The third-order valence-electron chi connectivity index (χ3n) is 3.83. The van der Waals surface area contributed by atoms with E-state index in [4.69, 9.17) is 0 Å². The summed E-state index contributed by atoms with van der Waals surface area (Å²) in [6, 6.07) is 5.42. The Balaban J connectivity index is 2.27. The van der Waals surface area contributed by atoms with E-state index in [-0.39, 0.29) is 35.1 Å². The first-order valence-corrected chi connectivity index (χ1v) is 12.9. The van der Waals surface area contributed by atoms with Crippen LogP contribution in [0.5, 0.6) is 0 Å². The molecule has 0 fully saturated rings. The summed E-state index contributed by atoms with van der Waals surface area (Å²) in [5.74, 6) is -3.90. The first-order valence-electron chi connectivity index (χ1n) is 9.26. The van der Waals surface area contributed by atoms with Gasteiger partial charge in [0.05, 0.1) is 24.7 Å². The summed E-state index contributed by atoms with van der Waals surface area (Å²) in [6.07, 6.45) is 1.52. The lowest BCUT2D eigenvalue weighted by atomic mass is 10.0. The van der Waals surface area contributed by atoms with Crippen LogP contribution in [-0.2, 0) is 15.9 Å². The molecular weight excluding hydrogens is 516 g/mol. The smallest absolute Gasteiger partial charge is 0.282 e. The van der Waals surface area contributed by atoms with Crippen LogP contribution in [0, 0.1) is 5.92 Å². The summed E-state index contributed by atoms with van der Waals surface area (Å²) in [5, 5.41) is 12.4. The number of aromatic nitrogens is 3. The van der Waals surface area contributed by atoms with Crippen molar-refractivity contribution in [3.05, 3.63) is 34.3 Å². The normalized spacial score (nSPS) is 13.3. The summed E-state index contributed by atoms with van der Waals surface area (Å²) in [7, 11) is -3.70. The van der Waals surface area contributed by atoms with Crippen molar-refractivity contribution in [3.8, 4) is 0 Å². The van der Waals surface area contributed by atoms with E-state index in [2.05, 4.69) is 40.9 Å². The van der Waals surface area contributed by atoms with Crippen molar-refractivity contribution in [2.75, 3.05) is 28.7 Å². The molecule has 0 aliphatic heterocycles. The SMILES string of the molecule is CC(C)C[C@H](CO)Nc1nc(NS(C)(=O)=O)nc(SCC(F)(F)c2cccc(Br)c2)n1. The van der Waals surface area contributed by atoms with Crippen molar-refractivity contribution in [2.24, 2.45) is 5.92 Å². The average Bonchev–Trinajstić information content (AvgIpc) is 2.64. The van der Waals surface area contributed by atoms with E-state index in [9.17, 15) is 22.3 Å². The average molecular weight is 540 g/mol. The standard InChI is InChI=1S/C18H24BrF2N5O3S2/c1-11(2)7-14(9-27)22-15-23-16(26-31(3,28)29)25-17(24-15)30-10-18(20,21)12-5-4-6-13(19)8-12/h4-6,8,11,14,27H,7,9-10H2,1-3H3,(H2,22,23,24,25,26)/t14-/m1/s1. The molecule has 0 radical (unpaired) electrons. The van der Waals surface area contributed by atoms with Crippen LogP contribution < -0.4 is 10.0 Å². The number of anilines is 2. The highest BCUT2D eigenvalue weighted by molar-refractivity contribution is 9.10. The molecule has 2 rings (SSSR count). The van der Waals surface area contributed by atoms with Gasteiger partial charge in [-0.1, -0.05) is 53.7 Å². The second-order valence-electron chi connectivity index (χ2n) is 7.30. The molecule has 13 heteroatoms. The Kier molecular flexibility index (Phi) is 8.98. The van der Waals surface area contributed by atoms with Gasteiger partial charge in [-0.2, -0.15) is 15.0 Å². The second-order valence-corrected chi connectivity index (χ2v) is 10.9. The van der Waals surface area contributed by atoms with Crippen molar-refractivity contribution < 1.29 is 22.3 Å². The van der Waals surface area contributed by atoms with Gasteiger partial charge in [0.2, 0.25) is 21.9 Å². The largest absolute Gasteiger partial charge is 0.394 e. The van der Waals surface area contributed by atoms with E-state index in [1.165, 1.54) is 18.2 Å². The molecule has 1 aromatic carbocycles. The zero-order valence-electron chi connectivity index (χ0n) is 17.1. The number of rotatable bonds is 11. The quantitative estimate of drug-likeness (QED) is 0.370. The van der Waals surface area contributed by atoms with Crippen molar-refractivity contribution in [2.45, 2.75) is 37.4 Å². The van der Waals surface area contributed by atoms with Gasteiger partial charge in [-0.3, -0.25) is 4.72 Å². The van der Waals surface area contributed by atoms with Crippen LogP contribution in [0.25, 0.3) is 0 Å². The van der Waals surface area contributed by atoms with Gasteiger partial charge in [-0.25, -0.2) is 17.2 Å². The fourth-order valence-corrected chi connectivity index (χ4v) is 4.18. The number of nitrogens with one attached hydrogen (secondary N) is 2. The topological polar surface area (TPSA) is 117 Å². The van der Waals surface area contributed by atoms with Crippen LogP contribution in [0.2, 0.25) is 0 Å². The number of thioether (sulfide) groups is 1. The number of nitrogens with zero attached hydrogens (tertiary/aromatic N) is 3. The molecule has 31 heavy (non-hydrogen) atoms. The fraction of sp³-hybridized carbons (Fsp3) is 0.500. The van der Waals surface area contributed by atoms with Crippen LogP contribution in [0.4, 0.5) is 20.7 Å². The molecule has 1 atom stereocenters. The molecule has 0 unspecified atom stereocenters. The Morgan fingerprint density at radius 3 is 2.48 bits per heavy atom. The predicted octanol–water partition coefficient (Wildman–Crippen LogP) is 3.71. The highest BCUT2D eigenvalue weighted by atomic mass is 79.9. The third kappa shape index (κ3) is 8.83. The van der Waals surface area contributed by atoms with Crippen LogP contribution >= 0.6 is 27.7 Å². The van der Waals surface area contributed by atoms with Crippen molar-refractivity contribution in [1.29, 1.82) is 0 Å². The molecule has 3 N–H and O–H groups in total. The van der Waals surface area contributed by atoms with Crippen molar-refractivity contribution >= 4 is 49.6 Å². The summed E-state index contributed by atoms with van der Waals surface area (Å²) in [4.78, 5) is 12.0. The predicted molar refractivity (Wildman–Crippen MR) is 121 cm³/mol. The van der Waals surface area contributed by atoms with Gasteiger partial charge in [0, 0.05) is 10.0 Å². The van der Waals surface area contributed by atoms with Gasteiger partial charge in [-0.15, -0.1) is 0 Å². The Hall–Kier alpha value is -1.57. The van der Waals surface area contributed by atoms with Gasteiger partial charge in [0.15, 0.2) is 5.16 Å². The Bertz CT molecular complexity index is 996. The molecular formula is C18H24BrF2N5O3S2.